The lowest BCUT2D eigenvalue weighted by Gasteiger charge is -2.41. The molecule has 0 bridgehead atoms. The fourth-order valence-electron chi connectivity index (χ4n) is 4.51. The molecule has 0 amide bonds. The number of hydrogen-bond donors (Lipinski definition) is 2. The van der Waals surface area contributed by atoms with Crippen molar-refractivity contribution in [2.24, 2.45) is 0 Å². The molecule has 4 nitrogen and oxygen atoms in total. The monoisotopic (exact) mass is 400 g/mol. The Kier molecular flexibility index (Phi) is 5.32. The van der Waals surface area contributed by atoms with Gasteiger partial charge >= 0.3 is 0 Å². The summed E-state index contributed by atoms with van der Waals surface area (Å²) < 4.78 is 6.15. The number of aliphatic hydroxyl groups excluding tert-OH is 2. The van der Waals surface area contributed by atoms with Gasteiger partial charge in [-0.05, 0) is 41.2 Å². The maximum absolute atomic E-state index is 12.7. The fraction of sp³-hybridized carbons (Fsp3) is 0.435. The zero-order valence-electron chi connectivity index (χ0n) is 16.0. The summed E-state index contributed by atoms with van der Waals surface area (Å²) in [6.45, 7) is 1.95. The Morgan fingerprint density at radius 3 is 2.61 bits per heavy atom. The van der Waals surface area contributed by atoms with Crippen LogP contribution in [0.2, 0.25) is 5.02 Å². The van der Waals surface area contributed by atoms with Gasteiger partial charge in [-0.25, -0.2) is 0 Å². The molecule has 1 aliphatic carbocycles. The van der Waals surface area contributed by atoms with E-state index < -0.39 is 17.8 Å². The van der Waals surface area contributed by atoms with E-state index in [1.807, 2.05) is 6.07 Å². The van der Waals surface area contributed by atoms with Gasteiger partial charge in [-0.3, -0.25) is 4.79 Å². The zero-order chi connectivity index (χ0) is 19.9. The fourth-order valence-corrected chi connectivity index (χ4v) is 4.74. The van der Waals surface area contributed by atoms with Crippen LogP contribution in [-0.2, 0) is 23.2 Å². The number of ketones is 1. The highest BCUT2D eigenvalue weighted by Gasteiger charge is 2.50. The second-order valence-electron chi connectivity index (χ2n) is 7.95. The quantitative estimate of drug-likeness (QED) is 0.819. The number of aliphatic hydroxyl groups is 2. The van der Waals surface area contributed by atoms with Crippen molar-refractivity contribution < 1.29 is 19.7 Å². The molecule has 2 N–H and O–H groups in total. The van der Waals surface area contributed by atoms with Gasteiger partial charge in [0.15, 0.2) is 5.78 Å². The third-order valence-corrected chi connectivity index (χ3v) is 6.30. The highest BCUT2D eigenvalue weighted by Crippen LogP contribution is 2.48. The molecule has 148 valence electrons. The van der Waals surface area contributed by atoms with Crippen LogP contribution in [-0.4, -0.2) is 34.8 Å². The van der Waals surface area contributed by atoms with Gasteiger partial charge in [-0.2, -0.15) is 0 Å². The smallest absolute Gasteiger partial charge is 0.166 e. The van der Waals surface area contributed by atoms with Crippen LogP contribution < -0.4 is 0 Å². The van der Waals surface area contributed by atoms with E-state index in [9.17, 15) is 15.0 Å². The summed E-state index contributed by atoms with van der Waals surface area (Å²) in [6, 6.07) is 12.1. The molecular formula is C23H25ClO4. The molecule has 1 fully saturated rings. The number of aryl methyl sites for hydroxylation is 1. The molecule has 1 saturated heterocycles. The van der Waals surface area contributed by atoms with E-state index >= 15 is 0 Å². The van der Waals surface area contributed by atoms with Gasteiger partial charge in [-0.1, -0.05) is 48.9 Å². The third-order valence-electron chi connectivity index (χ3n) is 5.95. The largest absolute Gasteiger partial charge is 0.394 e. The van der Waals surface area contributed by atoms with Gasteiger partial charge in [0.05, 0.1) is 18.8 Å². The van der Waals surface area contributed by atoms with Crippen molar-refractivity contribution in [2.75, 3.05) is 6.61 Å². The van der Waals surface area contributed by atoms with Gasteiger partial charge in [0.2, 0.25) is 0 Å². The van der Waals surface area contributed by atoms with Gasteiger partial charge in [0.25, 0.3) is 0 Å². The Balaban J connectivity index is 1.71. The molecule has 5 heteroatoms. The highest BCUT2D eigenvalue weighted by atomic mass is 35.5. The topological polar surface area (TPSA) is 66.8 Å². The number of carbonyl (C=O) groups is 1. The first kappa shape index (κ1) is 19.6. The molecule has 2 aromatic rings. The van der Waals surface area contributed by atoms with Crippen LogP contribution >= 0.6 is 11.6 Å². The Labute approximate surface area is 170 Å². The SMILES string of the molecule is CCc1ccc(Cc2cc3c(cc2Cl)C(=O)CC32CC(O)CC(CO)O2)cc1. The second-order valence-corrected chi connectivity index (χ2v) is 8.35. The van der Waals surface area contributed by atoms with Crippen LogP contribution in [0.3, 0.4) is 0 Å². The predicted octanol–water partition coefficient (Wildman–Crippen LogP) is 3.81. The number of rotatable bonds is 4. The van der Waals surface area contributed by atoms with E-state index in [1.54, 1.807) is 6.07 Å². The predicted molar refractivity (Wildman–Crippen MR) is 108 cm³/mol. The molecule has 0 radical (unpaired) electrons. The lowest BCUT2D eigenvalue weighted by Crippen LogP contribution is -2.44. The second kappa shape index (κ2) is 7.60. The van der Waals surface area contributed by atoms with Crippen LogP contribution in [0.1, 0.15) is 58.8 Å². The molecule has 2 aliphatic rings. The first-order valence-corrected chi connectivity index (χ1v) is 10.2. The van der Waals surface area contributed by atoms with Crippen molar-refractivity contribution in [1.82, 2.24) is 0 Å². The van der Waals surface area contributed by atoms with Crippen molar-refractivity contribution in [2.45, 2.75) is 56.8 Å². The molecule has 28 heavy (non-hydrogen) atoms. The molecule has 3 atom stereocenters. The molecule has 2 aromatic carbocycles. The first-order valence-electron chi connectivity index (χ1n) is 9.84. The molecule has 0 saturated carbocycles. The third kappa shape index (κ3) is 3.50. The number of benzene rings is 2. The average molecular weight is 401 g/mol. The van der Waals surface area contributed by atoms with E-state index in [0.29, 0.717) is 29.8 Å². The molecule has 0 aromatic heterocycles. The molecule has 1 aliphatic heterocycles. The van der Waals surface area contributed by atoms with Crippen LogP contribution in [0.15, 0.2) is 36.4 Å². The molecule has 3 unspecified atom stereocenters. The normalized spacial score (nSPS) is 26.6. The van der Waals surface area contributed by atoms with E-state index in [2.05, 4.69) is 31.2 Å². The van der Waals surface area contributed by atoms with Gasteiger partial charge in [0.1, 0.15) is 5.60 Å². The molecule has 4 rings (SSSR count). The van der Waals surface area contributed by atoms with E-state index in [4.69, 9.17) is 16.3 Å². The maximum atomic E-state index is 12.7. The summed E-state index contributed by atoms with van der Waals surface area (Å²) in [5.74, 6) is -0.0264. The number of halogens is 1. The van der Waals surface area contributed by atoms with E-state index in [0.717, 1.165) is 23.1 Å². The lowest BCUT2D eigenvalue weighted by molar-refractivity contribution is -0.174. The van der Waals surface area contributed by atoms with Crippen molar-refractivity contribution in [1.29, 1.82) is 0 Å². The van der Waals surface area contributed by atoms with Gasteiger partial charge < -0.3 is 14.9 Å². The maximum Gasteiger partial charge on any atom is 0.166 e. The van der Waals surface area contributed by atoms with Crippen LogP contribution in [0, 0.1) is 0 Å². The zero-order valence-corrected chi connectivity index (χ0v) is 16.7. The number of hydrogen-bond acceptors (Lipinski definition) is 4. The summed E-state index contributed by atoms with van der Waals surface area (Å²) >= 11 is 6.51. The number of fused-ring (bicyclic) bond motifs is 2. The summed E-state index contributed by atoms with van der Waals surface area (Å²) in [6.07, 6.45) is 1.50. The van der Waals surface area contributed by atoms with E-state index in [1.165, 1.54) is 5.56 Å². The van der Waals surface area contributed by atoms with Crippen LogP contribution in [0.25, 0.3) is 0 Å². The van der Waals surface area contributed by atoms with Crippen molar-refractivity contribution >= 4 is 17.4 Å². The Hall–Kier alpha value is -1.72. The summed E-state index contributed by atoms with van der Waals surface area (Å²) in [7, 11) is 0. The minimum absolute atomic E-state index is 0.0264. The van der Waals surface area contributed by atoms with Crippen molar-refractivity contribution in [3.63, 3.8) is 0 Å². The Bertz CT molecular complexity index is 892. The summed E-state index contributed by atoms with van der Waals surface area (Å²) in [5, 5.41) is 20.5. The minimum atomic E-state index is -0.872. The standard InChI is InChI=1S/C23H25ClO4/c1-2-14-3-5-15(6-4-14)7-16-8-20-19(10-21(16)24)22(27)12-23(20)11-17(26)9-18(13-25)28-23/h3-6,8,10,17-18,25-26H,2,7,9,11-13H2,1H3. The number of Topliss-reactive ketones (excluding diaryl/α,β-unsaturated/α-hetero) is 1. The number of ether oxygens (including phenoxy) is 1. The first-order chi connectivity index (χ1) is 13.4. The Morgan fingerprint density at radius 2 is 1.93 bits per heavy atom. The van der Waals surface area contributed by atoms with E-state index in [-0.39, 0.29) is 18.8 Å². The van der Waals surface area contributed by atoms with Crippen molar-refractivity contribution in [3.05, 3.63) is 69.2 Å². The average Bonchev–Trinajstić information content (AvgIpc) is 2.92. The van der Waals surface area contributed by atoms with Gasteiger partial charge in [-0.15, -0.1) is 0 Å². The van der Waals surface area contributed by atoms with Gasteiger partial charge in [0, 0.05) is 29.8 Å². The summed E-state index contributed by atoms with van der Waals surface area (Å²) in [4.78, 5) is 12.7. The molecule has 1 heterocycles. The Morgan fingerprint density at radius 1 is 1.21 bits per heavy atom. The van der Waals surface area contributed by atoms with Crippen LogP contribution in [0.4, 0.5) is 0 Å². The molecule has 1 spiro atoms. The lowest BCUT2D eigenvalue weighted by atomic mass is 9.84. The summed E-state index contributed by atoms with van der Waals surface area (Å²) in [5.41, 5.74) is 3.86. The van der Waals surface area contributed by atoms with Crippen molar-refractivity contribution in [3.8, 4) is 0 Å². The highest BCUT2D eigenvalue weighted by molar-refractivity contribution is 6.32. The van der Waals surface area contributed by atoms with Crippen LogP contribution in [0.5, 0.6) is 0 Å². The minimum Gasteiger partial charge on any atom is -0.394 e. The number of carbonyl (C=O) groups excluding carboxylic acids is 1. The molecular weight excluding hydrogens is 376 g/mol.